The third-order valence-electron chi connectivity index (χ3n) is 4.40. The van der Waals surface area contributed by atoms with E-state index in [9.17, 15) is 5.11 Å². The van der Waals surface area contributed by atoms with Crippen LogP contribution in [0.4, 0.5) is 5.82 Å². The molecule has 1 saturated carbocycles. The second-order valence-corrected chi connectivity index (χ2v) is 6.59. The van der Waals surface area contributed by atoms with Crippen LogP contribution in [0.25, 0.3) is 0 Å². The molecular weight excluding hydrogens is 264 g/mol. The Kier molecular flexibility index (Phi) is 4.42. The molecule has 0 amide bonds. The maximum atomic E-state index is 9.71. The van der Waals surface area contributed by atoms with Crippen molar-refractivity contribution in [1.29, 1.82) is 0 Å². The zero-order valence-corrected chi connectivity index (χ0v) is 12.8. The predicted molar refractivity (Wildman–Crippen MR) is 84.5 cm³/mol. The summed E-state index contributed by atoms with van der Waals surface area (Å²) in [6.45, 7) is 7.30. The van der Waals surface area contributed by atoms with Gasteiger partial charge in [0.15, 0.2) is 0 Å². The quantitative estimate of drug-likeness (QED) is 0.808. The number of anilines is 1. The molecule has 0 bridgehead atoms. The van der Waals surface area contributed by atoms with Crippen LogP contribution < -0.4 is 10.2 Å². The minimum Gasteiger partial charge on any atom is -0.394 e. The van der Waals surface area contributed by atoms with Crippen molar-refractivity contribution < 1.29 is 5.11 Å². The number of aliphatic hydroxyl groups excluding tert-OH is 1. The normalized spacial score (nSPS) is 23.0. The van der Waals surface area contributed by atoms with Crippen molar-refractivity contribution in [2.75, 3.05) is 44.2 Å². The number of rotatable bonds is 6. The van der Waals surface area contributed by atoms with E-state index in [1.807, 2.05) is 18.3 Å². The zero-order chi connectivity index (χ0) is 14.7. The minimum absolute atomic E-state index is 0.172. The molecule has 0 radical (unpaired) electrons. The molecule has 5 nitrogen and oxygen atoms in total. The molecule has 116 valence electrons. The van der Waals surface area contributed by atoms with Gasteiger partial charge in [-0.1, -0.05) is 6.07 Å². The first-order valence-electron chi connectivity index (χ1n) is 7.95. The Balaban J connectivity index is 1.51. The lowest BCUT2D eigenvalue weighted by molar-refractivity contribution is 0.115. The van der Waals surface area contributed by atoms with E-state index in [1.165, 1.54) is 12.8 Å². The summed E-state index contributed by atoms with van der Waals surface area (Å²) in [5, 5.41) is 13.3. The standard InChI is InChI=1S/C16H26N4O/c1-16(13-21,18-14-5-6-14)12-19-8-10-20(11-9-19)15-4-2-3-7-17-15/h2-4,7,14,18,21H,5-6,8-13H2,1H3. The Hall–Kier alpha value is -1.17. The van der Waals surface area contributed by atoms with Gasteiger partial charge in [0.25, 0.3) is 0 Å². The monoisotopic (exact) mass is 290 g/mol. The summed E-state index contributed by atoms with van der Waals surface area (Å²) >= 11 is 0. The van der Waals surface area contributed by atoms with Gasteiger partial charge in [-0.05, 0) is 31.9 Å². The summed E-state index contributed by atoms with van der Waals surface area (Å²) in [7, 11) is 0. The van der Waals surface area contributed by atoms with E-state index in [0.29, 0.717) is 6.04 Å². The van der Waals surface area contributed by atoms with Crippen LogP contribution in [0, 0.1) is 0 Å². The number of piperazine rings is 1. The van der Waals surface area contributed by atoms with Gasteiger partial charge in [-0.25, -0.2) is 4.98 Å². The largest absolute Gasteiger partial charge is 0.394 e. The highest BCUT2D eigenvalue weighted by Crippen LogP contribution is 2.23. The SMILES string of the molecule is CC(CO)(CN1CCN(c2ccccn2)CC1)NC1CC1. The van der Waals surface area contributed by atoms with E-state index in [4.69, 9.17) is 0 Å². The molecule has 1 aromatic rings. The van der Waals surface area contributed by atoms with Crippen LogP contribution in [0.5, 0.6) is 0 Å². The van der Waals surface area contributed by atoms with Crippen molar-refractivity contribution >= 4 is 5.82 Å². The summed E-state index contributed by atoms with van der Waals surface area (Å²) < 4.78 is 0. The lowest BCUT2D eigenvalue weighted by Gasteiger charge is -2.40. The number of hydrogen-bond acceptors (Lipinski definition) is 5. The van der Waals surface area contributed by atoms with Crippen molar-refractivity contribution in [3.8, 4) is 0 Å². The molecule has 0 aromatic carbocycles. The molecule has 1 aromatic heterocycles. The molecule has 5 heteroatoms. The second kappa shape index (κ2) is 6.30. The van der Waals surface area contributed by atoms with Crippen molar-refractivity contribution in [3.63, 3.8) is 0 Å². The van der Waals surface area contributed by atoms with E-state index < -0.39 is 0 Å². The predicted octanol–water partition coefficient (Wildman–Crippen LogP) is 0.707. The fourth-order valence-electron chi connectivity index (χ4n) is 3.03. The summed E-state index contributed by atoms with van der Waals surface area (Å²) in [6, 6.07) is 6.69. The summed E-state index contributed by atoms with van der Waals surface area (Å²) in [4.78, 5) is 9.20. The molecule has 1 saturated heterocycles. The van der Waals surface area contributed by atoms with Crippen LogP contribution in [0.3, 0.4) is 0 Å². The van der Waals surface area contributed by atoms with Crippen LogP contribution in [-0.4, -0.2) is 65.9 Å². The maximum Gasteiger partial charge on any atom is 0.128 e. The van der Waals surface area contributed by atoms with Gasteiger partial charge >= 0.3 is 0 Å². The average Bonchev–Trinajstić information content (AvgIpc) is 3.32. The maximum absolute atomic E-state index is 9.71. The van der Waals surface area contributed by atoms with Crippen LogP contribution in [0.2, 0.25) is 0 Å². The van der Waals surface area contributed by atoms with Gasteiger partial charge < -0.3 is 15.3 Å². The lowest BCUT2D eigenvalue weighted by atomic mass is 10.0. The molecular formula is C16H26N4O. The second-order valence-electron chi connectivity index (χ2n) is 6.59. The number of hydrogen-bond donors (Lipinski definition) is 2. The lowest BCUT2D eigenvalue weighted by Crippen LogP contribution is -2.58. The third kappa shape index (κ3) is 3.93. The summed E-state index contributed by atoms with van der Waals surface area (Å²) in [5.74, 6) is 1.07. The molecule has 1 aliphatic heterocycles. The van der Waals surface area contributed by atoms with Crippen molar-refractivity contribution in [1.82, 2.24) is 15.2 Å². The molecule has 3 rings (SSSR count). The zero-order valence-electron chi connectivity index (χ0n) is 12.8. The van der Waals surface area contributed by atoms with Crippen molar-refractivity contribution in [2.45, 2.75) is 31.3 Å². The first kappa shape index (κ1) is 14.8. The van der Waals surface area contributed by atoms with Crippen molar-refractivity contribution in [3.05, 3.63) is 24.4 Å². The van der Waals surface area contributed by atoms with Crippen LogP contribution in [0.15, 0.2) is 24.4 Å². The van der Waals surface area contributed by atoms with E-state index in [0.717, 1.165) is 38.5 Å². The highest BCUT2D eigenvalue weighted by Gasteiger charge is 2.34. The average molecular weight is 290 g/mol. The fourth-order valence-corrected chi connectivity index (χ4v) is 3.03. The Labute approximate surface area is 127 Å². The topological polar surface area (TPSA) is 51.6 Å². The van der Waals surface area contributed by atoms with Gasteiger partial charge in [0.2, 0.25) is 0 Å². The van der Waals surface area contributed by atoms with E-state index in [1.54, 1.807) is 0 Å². The van der Waals surface area contributed by atoms with Gasteiger partial charge in [0.05, 0.1) is 12.1 Å². The minimum atomic E-state index is -0.172. The molecule has 2 N–H and O–H groups in total. The molecule has 1 atom stereocenters. The molecule has 1 aliphatic carbocycles. The van der Waals surface area contributed by atoms with Gasteiger partial charge in [-0.15, -0.1) is 0 Å². The number of nitrogens with one attached hydrogen (secondary N) is 1. The summed E-state index contributed by atoms with van der Waals surface area (Å²) in [6.07, 6.45) is 4.36. The Bertz CT molecular complexity index is 443. The molecule has 2 fully saturated rings. The Morgan fingerprint density at radius 2 is 2.05 bits per heavy atom. The van der Waals surface area contributed by atoms with Gasteiger partial charge in [-0.3, -0.25) is 4.90 Å². The van der Waals surface area contributed by atoms with E-state index in [-0.39, 0.29) is 12.1 Å². The molecule has 2 heterocycles. The van der Waals surface area contributed by atoms with Crippen LogP contribution in [0.1, 0.15) is 19.8 Å². The Morgan fingerprint density at radius 3 is 2.62 bits per heavy atom. The fraction of sp³-hybridized carbons (Fsp3) is 0.688. The first-order valence-corrected chi connectivity index (χ1v) is 7.95. The third-order valence-corrected chi connectivity index (χ3v) is 4.40. The van der Waals surface area contributed by atoms with Crippen LogP contribution >= 0.6 is 0 Å². The van der Waals surface area contributed by atoms with Gasteiger partial charge in [0, 0.05) is 45.0 Å². The number of nitrogens with zero attached hydrogens (tertiary/aromatic N) is 3. The van der Waals surface area contributed by atoms with Crippen LogP contribution in [-0.2, 0) is 0 Å². The molecule has 1 unspecified atom stereocenters. The number of aliphatic hydroxyl groups is 1. The van der Waals surface area contributed by atoms with E-state index in [2.05, 4.69) is 33.1 Å². The van der Waals surface area contributed by atoms with E-state index >= 15 is 0 Å². The number of aromatic nitrogens is 1. The van der Waals surface area contributed by atoms with Crippen molar-refractivity contribution in [2.24, 2.45) is 0 Å². The van der Waals surface area contributed by atoms with Gasteiger partial charge in [-0.2, -0.15) is 0 Å². The highest BCUT2D eigenvalue weighted by atomic mass is 16.3. The highest BCUT2D eigenvalue weighted by molar-refractivity contribution is 5.38. The Morgan fingerprint density at radius 1 is 1.29 bits per heavy atom. The first-order chi connectivity index (χ1) is 10.2. The van der Waals surface area contributed by atoms with Gasteiger partial charge in [0.1, 0.15) is 5.82 Å². The molecule has 2 aliphatic rings. The number of pyridine rings is 1. The molecule has 0 spiro atoms. The molecule has 21 heavy (non-hydrogen) atoms. The summed E-state index contributed by atoms with van der Waals surface area (Å²) in [5.41, 5.74) is -0.172. The smallest absolute Gasteiger partial charge is 0.128 e.